The summed E-state index contributed by atoms with van der Waals surface area (Å²) in [5.41, 5.74) is -0.888. The molecule has 2 amide bonds. The van der Waals surface area contributed by atoms with Gasteiger partial charge in [0, 0.05) is 20.1 Å². The van der Waals surface area contributed by atoms with Gasteiger partial charge in [0.05, 0.1) is 5.41 Å². The Hall–Kier alpha value is -1.26. The number of carbonyl (C=O) groups is 2. The maximum atomic E-state index is 12.0. The summed E-state index contributed by atoms with van der Waals surface area (Å²) in [5.74, 6) is -0.272. The Kier molecular flexibility index (Phi) is 6.30. The average Bonchev–Trinajstić information content (AvgIpc) is 2.45. The molecule has 20 heavy (non-hydrogen) atoms. The highest BCUT2D eigenvalue weighted by atomic mass is 16.4. The minimum atomic E-state index is -0.888. The van der Waals surface area contributed by atoms with Crippen molar-refractivity contribution in [3.05, 3.63) is 0 Å². The van der Waals surface area contributed by atoms with Crippen LogP contribution in [0.4, 0.5) is 4.79 Å². The van der Waals surface area contributed by atoms with E-state index in [4.69, 9.17) is 0 Å². The standard InChI is InChI=1S/C15H28N2O3/c1-4-15(2,13(18)19)11-16-14(20)17(3)10-12-8-6-5-7-9-12/h12H,4-11H2,1-3H3,(H,16,20)(H,18,19). The van der Waals surface area contributed by atoms with Crippen molar-refractivity contribution in [2.45, 2.75) is 52.4 Å². The number of aliphatic carboxylic acids is 1. The van der Waals surface area contributed by atoms with Gasteiger partial charge in [0.15, 0.2) is 0 Å². The molecule has 0 aliphatic heterocycles. The molecule has 5 nitrogen and oxygen atoms in total. The van der Waals surface area contributed by atoms with Crippen molar-refractivity contribution in [3.8, 4) is 0 Å². The quantitative estimate of drug-likeness (QED) is 0.788. The molecule has 0 aromatic carbocycles. The summed E-state index contributed by atoms with van der Waals surface area (Å²) in [5, 5.41) is 11.9. The second kappa shape index (κ2) is 7.50. The first kappa shape index (κ1) is 16.8. The summed E-state index contributed by atoms with van der Waals surface area (Å²) in [4.78, 5) is 24.9. The number of carboxylic acids is 1. The maximum absolute atomic E-state index is 12.0. The number of rotatable bonds is 6. The fourth-order valence-corrected chi connectivity index (χ4v) is 2.60. The minimum Gasteiger partial charge on any atom is -0.481 e. The van der Waals surface area contributed by atoms with Crippen LogP contribution in [0.5, 0.6) is 0 Å². The lowest BCUT2D eigenvalue weighted by Gasteiger charge is -2.29. The predicted octanol–water partition coefficient (Wildman–Crippen LogP) is 2.71. The van der Waals surface area contributed by atoms with Crippen LogP contribution in [0.2, 0.25) is 0 Å². The molecule has 1 aliphatic rings. The molecule has 0 aromatic heterocycles. The van der Waals surface area contributed by atoms with Crippen molar-refractivity contribution in [3.63, 3.8) is 0 Å². The Labute approximate surface area is 121 Å². The van der Waals surface area contributed by atoms with E-state index in [1.807, 2.05) is 6.92 Å². The molecule has 2 N–H and O–H groups in total. The third-order valence-electron chi connectivity index (χ3n) is 4.53. The van der Waals surface area contributed by atoms with Crippen LogP contribution >= 0.6 is 0 Å². The smallest absolute Gasteiger partial charge is 0.317 e. The Morgan fingerprint density at radius 2 is 1.90 bits per heavy atom. The number of nitrogens with one attached hydrogen (secondary N) is 1. The summed E-state index contributed by atoms with van der Waals surface area (Å²) in [6.07, 6.45) is 6.70. The number of amides is 2. The first-order chi connectivity index (χ1) is 9.39. The Morgan fingerprint density at radius 3 is 2.40 bits per heavy atom. The van der Waals surface area contributed by atoms with Crippen LogP contribution in [0.1, 0.15) is 52.4 Å². The van der Waals surface area contributed by atoms with E-state index in [1.165, 1.54) is 32.1 Å². The molecule has 1 rings (SSSR count). The van der Waals surface area contributed by atoms with Gasteiger partial charge in [-0.1, -0.05) is 26.2 Å². The highest BCUT2D eigenvalue weighted by Crippen LogP contribution is 2.24. The van der Waals surface area contributed by atoms with Crippen molar-refractivity contribution in [2.24, 2.45) is 11.3 Å². The van der Waals surface area contributed by atoms with Crippen molar-refractivity contribution in [1.29, 1.82) is 0 Å². The van der Waals surface area contributed by atoms with Crippen LogP contribution in [0.3, 0.4) is 0 Å². The van der Waals surface area contributed by atoms with Gasteiger partial charge in [0.1, 0.15) is 0 Å². The number of carbonyl (C=O) groups excluding carboxylic acids is 1. The predicted molar refractivity (Wildman–Crippen MR) is 78.6 cm³/mol. The third kappa shape index (κ3) is 4.69. The fraction of sp³-hybridized carbons (Fsp3) is 0.867. The monoisotopic (exact) mass is 284 g/mol. The van der Waals surface area contributed by atoms with Crippen molar-refractivity contribution < 1.29 is 14.7 Å². The van der Waals surface area contributed by atoms with E-state index in [-0.39, 0.29) is 12.6 Å². The SMILES string of the molecule is CCC(C)(CNC(=O)N(C)CC1CCCCC1)C(=O)O. The molecule has 1 saturated carbocycles. The van der Waals surface area contributed by atoms with E-state index in [0.29, 0.717) is 12.3 Å². The molecule has 0 bridgehead atoms. The van der Waals surface area contributed by atoms with E-state index >= 15 is 0 Å². The van der Waals surface area contributed by atoms with Gasteiger partial charge in [0.25, 0.3) is 0 Å². The maximum Gasteiger partial charge on any atom is 0.317 e. The van der Waals surface area contributed by atoms with Gasteiger partial charge >= 0.3 is 12.0 Å². The molecule has 116 valence electrons. The molecular formula is C15H28N2O3. The number of nitrogens with zero attached hydrogens (tertiary/aromatic N) is 1. The molecule has 0 radical (unpaired) electrons. The second-order valence-electron chi connectivity index (χ2n) is 6.26. The number of hydrogen-bond acceptors (Lipinski definition) is 2. The van der Waals surface area contributed by atoms with E-state index < -0.39 is 11.4 Å². The summed E-state index contributed by atoms with van der Waals surface area (Å²) < 4.78 is 0. The molecule has 0 saturated heterocycles. The van der Waals surface area contributed by atoms with Gasteiger partial charge in [-0.15, -0.1) is 0 Å². The average molecular weight is 284 g/mol. The van der Waals surface area contributed by atoms with Gasteiger partial charge < -0.3 is 15.3 Å². The minimum absolute atomic E-state index is 0.170. The first-order valence-electron chi connectivity index (χ1n) is 7.61. The van der Waals surface area contributed by atoms with Crippen LogP contribution < -0.4 is 5.32 Å². The molecular weight excluding hydrogens is 256 g/mol. The highest BCUT2D eigenvalue weighted by molar-refractivity contribution is 5.77. The lowest BCUT2D eigenvalue weighted by molar-refractivity contribution is -0.147. The zero-order valence-electron chi connectivity index (χ0n) is 12.9. The summed E-state index contributed by atoms with van der Waals surface area (Å²) in [7, 11) is 1.79. The first-order valence-corrected chi connectivity index (χ1v) is 7.61. The number of urea groups is 1. The van der Waals surface area contributed by atoms with Crippen molar-refractivity contribution in [1.82, 2.24) is 10.2 Å². The van der Waals surface area contributed by atoms with Gasteiger partial charge in [-0.25, -0.2) is 4.79 Å². The summed E-state index contributed by atoms with van der Waals surface area (Å²) >= 11 is 0. The van der Waals surface area contributed by atoms with Crippen LogP contribution in [-0.2, 0) is 4.79 Å². The lowest BCUT2D eigenvalue weighted by atomic mass is 9.88. The van der Waals surface area contributed by atoms with Crippen LogP contribution in [-0.4, -0.2) is 42.1 Å². The second-order valence-corrected chi connectivity index (χ2v) is 6.26. The van der Waals surface area contributed by atoms with E-state index in [1.54, 1.807) is 18.9 Å². The zero-order valence-corrected chi connectivity index (χ0v) is 12.9. The Balaban J connectivity index is 2.39. The van der Waals surface area contributed by atoms with Crippen molar-refractivity contribution in [2.75, 3.05) is 20.1 Å². The summed E-state index contributed by atoms with van der Waals surface area (Å²) in [6, 6.07) is -0.170. The zero-order chi connectivity index (χ0) is 15.2. The van der Waals surface area contributed by atoms with E-state index in [9.17, 15) is 14.7 Å². The van der Waals surface area contributed by atoms with Gasteiger partial charge in [-0.2, -0.15) is 0 Å². The molecule has 1 atom stereocenters. The van der Waals surface area contributed by atoms with Gasteiger partial charge in [0.2, 0.25) is 0 Å². The Morgan fingerprint density at radius 1 is 1.30 bits per heavy atom. The fourth-order valence-electron chi connectivity index (χ4n) is 2.60. The third-order valence-corrected chi connectivity index (χ3v) is 4.53. The van der Waals surface area contributed by atoms with Crippen molar-refractivity contribution >= 4 is 12.0 Å². The largest absolute Gasteiger partial charge is 0.481 e. The molecule has 1 unspecified atom stereocenters. The normalized spacial score (nSPS) is 19.1. The van der Waals surface area contributed by atoms with Crippen LogP contribution in [0.15, 0.2) is 0 Å². The molecule has 1 fully saturated rings. The number of hydrogen-bond donors (Lipinski definition) is 2. The molecule has 0 spiro atoms. The van der Waals surface area contributed by atoms with E-state index in [0.717, 1.165) is 6.54 Å². The van der Waals surface area contributed by atoms with Gasteiger partial charge in [-0.05, 0) is 32.1 Å². The van der Waals surface area contributed by atoms with Gasteiger partial charge in [-0.3, -0.25) is 4.79 Å². The lowest BCUT2D eigenvalue weighted by Crippen LogP contribution is -2.46. The highest BCUT2D eigenvalue weighted by Gasteiger charge is 2.32. The number of carboxylic acid groups (broad SMARTS) is 1. The topological polar surface area (TPSA) is 69.6 Å². The summed E-state index contributed by atoms with van der Waals surface area (Å²) in [6.45, 7) is 4.43. The van der Waals surface area contributed by atoms with Crippen LogP contribution in [0, 0.1) is 11.3 Å². The Bertz CT molecular complexity index is 340. The molecule has 5 heteroatoms. The molecule has 1 aliphatic carbocycles. The molecule has 0 aromatic rings. The van der Waals surface area contributed by atoms with Crippen LogP contribution in [0.25, 0.3) is 0 Å². The van der Waals surface area contributed by atoms with E-state index in [2.05, 4.69) is 5.32 Å². The molecule has 0 heterocycles.